The van der Waals surface area contributed by atoms with E-state index in [1.54, 1.807) is 56.3 Å². The fraction of sp³-hybridized carbons (Fsp3) is 0.382. The van der Waals surface area contributed by atoms with Crippen molar-refractivity contribution in [3.05, 3.63) is 71.8 Å². The van der Waals surface area contributed by atoms with E-state index >= 15 is 0 Å². The highest BCUT2D eigenvalue weighted by molar-refractivity contribution is 7.22. The van der Waals surface area contributed by atoms with Gasteiger partial charge in [0.15, 0.2) is 11.6 Å². The second-order valence-electron chi connectivity index (χ2n) is 12.6. The van der Waals surface area contributed by atoms with Gasteiger partial charge in [0.1, 0.15) is 23.7 Å². The summed E-state index contributed by atoms with van der Waals surface area (Å²) >= 11 is 1.44. The topological polar surface area (TPSA) is 102 Å². The van der Waals surface area contributed by atoms with E-state index in [-0.39, 0.29) is 30.4 Å². The summed E-state index contributed by atoms with van der Waals surface area (Å²) in [6.45, 7) is 6.57. The summed E-state index contributed by atoms with van der Waals surface area (Å²) < 4.78 is 27.1. The fourth-order valence-corrected chi connectivity index (χ4v) is 6.21. The van der Waals surface area contributed by atoms with Crippen molar-refractivity contribution in [1.29, 1.82) is 0 Å². The molecule has 234 valence electrons. The fourth-order valence-electron chi connectivity index (χ4n) is 5.16. The van der Waals surface area contributed by atoms with Crippen molar-refractivity contribution in [2.24, 2.45) is 5.92 Å². The van der Waals surface area contributed by atoms with Crippen LogP contribution in [0.5, 0.6) is 11.5 Å². The number of benzene rings is 1. The lowest BCUT2D eigenvalue weighted by molar-refractivity contribution is -0.136. The van der Waals surface area contributed by atoms with Crippen molar-refractivity contribution >= 4 is 39.3 Å². The number of carbonyl (C=O) groups excluding carboxylic acids is 3. The number of amides is 2. The third-order valence-corrected chi connectivity index (χ3v) is 8.79. The number of hydrogen-bond acceptors (Lipinski definition) is 8. The highest BCUT2D eigenvalue weighted by Crippen LogP contribution is 2.39. The van der Waals surface area contributed by atoms with Crippen LogP contribution in [0.15, 0.2) is 54.9 Å². The number of piperazine rings is 1. The van der Waals surface area contributed by atoms with Gasteiger partial charge in [-0.2, -0.15) is 0 Å². The molecule has 1 aromatic carbocycles. The Balaban J connectivity index is 1.10. The standard InChI is InChI=1S/C34H35FN4O5S/c1-34(2,3)44-33(42)39-13-12-38(31(41)20-39)19-23-6-8-26(37-18-23)30-17-27-32(45-30)29(10-11-36-27)43-28-9-7-22(16-25(28)35)15-24(40)14-21-4-5-21/h6-11,16-18,21H,4-5,12-15,19-20H2,1-3H3. The molecule has 1 aliphatic heterocycles. The summed E-state index contributed by atoms with van der Waals surface area (Å²) in [4.78, 5) is 50.4. The molecule has 2 fully saturated rings. The molecule has 4 aromatic rings. The first-order valence-corrected chi connectivity index (χ1v) is 15.9. The van der Waals surface area contributed by atoms with E-state index in [2.05, 4.69) is 9.97 Å². The Morgan fingerprint density at radius 3 is 2.51 bits per heavy atom. The molecule has 6 rings (SSSR count). The predicted octanol–water partition coefficient (Wildman–Crippen LogP) is 6.78. The number of rotatable bonds is 9. The molecule has 0 radical (unpaired) electrons. The van der Waals surface area contributed by atoms with Crippen LogP contribution in [0, 0.1) is 11.7 Å². The molecule has 1 saturated heterocycles. The Morgan fingerprint density at radius 1 is 1.02 bits per heavy atom. The van der Waals surface area contributed by atoms with Crippen LogP contribution in [0.1, 0.15) is 51.2 Å². The zero-order valence-electron chi connectivity index (χ0n) is 25.5. The Hall–Kier alpha value is -4.38. The lowest BCUT2D eigenvalue weighted by Gasteiger charge is -2.35. The molecular weight excluding hydrogens is 595 g/mol. The van der Waals surface area contributed by atoms with Gasteiger partial charge >= 0.3 is 6.09 Å². The maximum atomic E-state index is 15.0. The number of ether oxygens (including phenoxy) is 2. The van der Waals surface area contributed by atoms with Gasteiger partial charge in [0, 0.05) is 50.9 Å². The van der Waals surface area contributed by atoms with Crippen molar-refractivity contribution in [3.63, 3.8) is 0 Å². The number of carbonyl (C=O) groups is 3. The summed E-state index contributed by atoms with van der Waals surface area (Å²) in [5, 5.41) is 0. The van der Waals surface area contributed by atoms with E-state index in [9.17, 15) is 18.8 Å². The quantitative estimate of drug-likeness (QED) is 0.201. The minimum absolute atomic E-state index is 0.0201. The van der Waals surface area contributed by atoms with Gasteiger partial charge in [-0.15, -0.1) is 11.3 Å². The highest BCUT2D eigenvalue weighted by Gasteiger charge is 2.30. The minimum Gasteiger partial charge on any atom is -0.453 e. The molecule has 9 nitrogen and oxygen atoms in total. The molecule has 0 bridgehead atoms. The van der Waals surface area contributed by atoms with Crippen LogP contribution in [0.3, 0.4) is 0 Å². The summed E-state index contributed by atoms with van der Waals surface area (Å²) in [6, 6.07) is 12.1. The first-order chi connectivity index (χ1) is 21.5. The number of halogens is 1. The number of Topliss-reactive ketones (excluding diaryl/α,β-unsaturated/α-hetero) is 1. The molecule has 2 amide bonds. The van der Waals surface area contributed by atoms with Crippen LogP contribution in [0.2, 0.25) is 0 Å². The number of thiophene rings is 1. The van der Waals surface area contributed by atoms with Crippen molar-refractivity contribution in [3.8, 4) is 22.1 Å². The van der Waals surface area contributed by atoms with Crippen LogP contribution >= 0.6 is 11.3 Å². The van der Waals surface area contributed by atoms with E-state index in [1.807, 2.05) is 18.2 Å². The molecule has 0 unspecified atom stereocenters. The average molecular weight is 631 g/mol. The van der Waals surface area contributed by atoms with Gasteiger partial charge in [-0.25, -0.2) is 9.18 Å². The van der Waals surface area contributed by atoms with Crippen LogP contribution in [-0.2, 0) is 27.3 Å². The third kappa shape index (κ3) is 7.65. The zero-order chi connectivity index (χ0) is 31.7. The van der Waals surface area contributed by atoms with Gasteiger partial charge in [-0.3, -0.25) is 24.5 Å². The zero-order valence-corrected chi connectivity index (χ0v) is 26.4. The summed E-state index contributed by atoms with van der Waals surface area (Å²) in [5.74, 6) is 0.547. The lowest BCUT2D eigenvalue weighted by Crippen LogP contribution is -2.52. The van der Waals surface area contributed by atoms with Gasteiger partial charge < -0.3 is 14.4 Å². The van der Waals surface area contributed by atoms with E-state index in [0.29, 0.717) is 48.8 Å². The molecule has 0 spiro atoms. The molecule has 45 heavy (non-hydrogen) atoms. The number of pyridine rings is 2. The van der Waals surface area contributed by atoms with E-state index in [1.165, 1.54) is 22.3 Å². The molecule has 0 atom stereocenters. The van der Waals surface area contributed by atoms with Crippen molar-refractivity contribution < 1.29 is 28.2 Å². The number of nitrogens with zero attached hydrogens (tertiary/aromatic N) is 4. The summed E-state index contributed by atoms with van der Waals surface area (Å²) in [6.07, 6.45) is 5.90. The van der Waals surface area contributed by atoms with E-state index < -0.39 is 17.5 Å². The highest BCUT2D eigenvalue weighted by atomic mass is 32.1. The first kappa shape index (κ1) is 30.6. The van der Waals surface area contributed by atoms with Crippen LogP contribution in [0.4, 0.5) is 9.18 Å². The predicted molar refractivity (Wildman–Crippen MR) is 169 cm³/mol. The SMILES string of the molecule is CC(C)(C)OC(=O)N1CCN(Cc2ccc(-c3cc4nccc(Oc5ccc(CC(=O)CC6CC6)cc5F)c4s3)nc2)C(=O)C1. The Morgan fingerprint density at radius 2 is 1.82 bits per heavy atom. The summed E-state index contributed by atoms with van der Waals surface area (Å²) in [7, 11) is 0. The van der Waals surface area contributed by atoms with Gasteiger partial charge in [-0.05, 0) is 74.9 Å². The molecule has 4 heterocycles. The van der Waals surface area contributed by atoms with Crippen molar-refractivity contribution in [1.82, 2.24) is 19.8 Å². The maximum absolute atomic E-state index is 15.0. The Kier molecular flexibility index (Phi) is 8.54. The van der Waals surface area contributed by atoms with E-state index in [4.69, 9.17) is 9.47 Å². The van der Waals surface area contributed by atoms with Crippen molar-refractivity contribution in [2.75, 3.05) is 19.6 Å². The van der Waals surface area contributed by atoms with Crippen LogP contribution < -0.4 is 4.74 Å². The first-order valence-electron chi connectivity index (χ1n) is 15.1. The molecule has 2 aliphatic rings. The van der Waals surface area contributed by atoms with Crippen LogP contribution in [0.25, 0.3) is 20.8 Å². The second-order valence-corrected chi connectivity index (χ2v) is 13.7. The van der Waals surface area contributed by atoms with Crippen LogP contribution in [-0.4, -0.2) is 62.8 Å². The number of fused-ring (bicyclic) bond motifs is 1. The number of hydrogen-bond donors (Lipinski definition) is 0. The van der Waals surface area contributed by atoms with Gasteiger partial charge in [0.05, 0.1) is 20.8 Å². The number of aromatic nitrogens is 2. The Labute approximate surface area is 265 Å². The third-order valence-electron chi connectivity index (χ3n) is 7.63. The monoisotopic (exact) mass is 630 g/mol. The number of ketones is 1. The van der Waals surface area contributed by atoms with Gasteiger partial charge in [0.25, 0.3) is 0 Å². The molecular formula is C34H35FN4O5S. The normalized spacial score (nSPS) is 15.4. The molecule has 11 heteroatoms. The minimum atomic E-state index is -0.619. The van der Waals surface area contributed by atoms with Gasteiger partial charge in [-0.1, -0.05) is 12.1 Å². The van der Waals surface area contributed by atoms with Gasteiger partial charge in [0.2, 0.25) is 5.91 Å². The average Bonchev–Trinajstić information content (AvgIpc) is 3.68. The molecule has 1 aliphatic carbocycles. The maximum Gasteiger partial charge on any atom is 0.410 e. The summed E-state index contributed by atoms with van der Waals surface area (Å²) in [5.41, 5.74) is 2.33. The second kappa shape index (κ2) is 12.5. The van der Waals surface area contributed by atoms with Crippen molar-refractivity contribution in [2.45, 2.75) is 58.6 Å². The van der Waals surface area contributed by atoms with E-state index in [0.717, 1.165) is 33.7 Å². The molecule has 1 saturated carbocycles. The molecule has 0 N–H and O–H groups in total. The Bertz CT molecular complexity index is 1750. The largest absolute Gasteiger partial charge is 0.453 e. The lowest BCUT2D eigenvalue weighted by atomic mass is 10.0. The smallest absolute Gasteiger partial charge is 0.410 e. The molecule has 3 aromatic heterocycles.